The number of nitrogens with zero attached hydrogens (tertiary/aromatic N) is 2. The lowest BCUT2D eigenvalue weighted by molar-refractivity contribution is 0.552. The number of halogens is 2. The average molecular weight is 258 g/mol. The molecule has 6 heteroatoms. The summed E-state index contributed by atoms with van der Waals surface area (Å²) in [7, 11) is -2.61. The molecular weight excluding hydrogens is 249 g/mol. The molecule has 3 heterocycles. The molecule has 0 saturated heterocycles. The van der Waals surface area contributed by atoms with Crippen molar-refractivity contribution in [3.63, 3.8) is 0 Å². The molecule has 1 aliphatic heterocycles. The van der Waals surface area contributed by atoms with Crippen LogP contribution in [0.5, 0.6) is 0 Å². The van der Waals surface area contributed by atoms with Gasteiger partial charge in [-0.25, -0.2) is 0 Å². The third kappa shape index (κ3) is 2.05. The first-order valence-electron chi connectivity index (χ1n) is 5.71. The fourth-order valence-corrected chi connectivity index (χ4v) is 2.03. The van der Waals surface area contributed by atoms with Crippen molar-refractivity contribution in [1.29, 1.82) is 0 Å². The third-order valence-corrected chi connectivity index (χ3v) is 2.82. The van der Waals surface area contributed by atoms with E-state index in [4.69, 9.17) is 4.42 Å². The van der Waals surface area contributed by atoms with Crippen LogP contribution in [0.1, 0.15) is 11.5 Å². The van der Waals surface area contributed by atoms with E-state index in [1.807, 2.05) is 0 Å². The van der Waals surface area contributed by atoms with Gasteiger partial charge in [0.2, 0.25) is 0 Å². The second-order valence-corrected chi connectivity index (χ2v) is 3.95. The smallest absolute Gasteiger partial charge is 0.464 e. The highest BCUT2D eigenvalue weighted by Crippen LogP contribution is 2.30. The van der Waals surface area contributed by atoms with Gasteiger partial charge >= 0.3 is 7.40 Å². The van der Waals surface area contributed by atoms with Gasteiger partial charge in [-0.15, -0.1) is 0 Å². The monoisotopic (exact) mass is 258 g/mol. The van der Waals surface area contributed by atoms with Crippen molar-refractivity contribution < 1.29 is 13.0 Å². The molecule has 19 heavy (non-hydrogen) atoms. The first kappa shape index (κ1) is 11.7. The van der Waals surface area contributed by atoms with Gasteiger partial charge in [0.15, 0.2) is 0 Å². The topological polar surface area (TPSA) is 30.4 Å². The Morgan fingerprint density at radius 3 is 2.79 bits per heavy atom. The van der Waals surface area contributed by atoms with E-state index in [0.29, 0.717) is 22.7 Å². The van der Waals surface area contributed by atoms with Gasteiger partial charge < -0.3 is 8.90 Å². The zero-order valence-electron chi connectivity index (χ0n) is 9.83. The lowest BCUT2D eigenvalue weighted by Crippen LogP contribution is -2.15. The van der Waals surface area contributed by atoms with Crippen molar-refractivity contribution in [2.45, 2.75) is 0 Å². The summed E-state index contributed by atoms with van der Waals surface area (Å²) in [5.74, 6) is 0.513. The summed E-state index contributed by atoms with van der Waals surface area (Å²) in [5, 5.41) is 0. The van der Waals surface area contributed by atoms with Crippen LogP contribution in [0.4, 0.5) is 8.63 Å². The van der Waals surface area contributed by atoms with Crippen molar-refractivity contribution in [3.05, 3.63) is 66.0 Å². The molecule has 1 aliphatic rings. The summed E-state index contributed by atoms with van der Waals surface area (Å²) in [4.78, 5) is 4.17. The molecule has 0 amide bonds. The number of rotatable bonds is 3. The standard InChI is InChI=1S/C13H9BF2N2O/c15-14(16)18-8-2-5-11(18)13(10-4-1-7-17-10)12-6-3-9-19-12/h1-9H/b13-10-. The van der Waals surface area contributed by atoms with Gasteiger partial charge in [-0.05, 0) is 42.6 Å². The summed E-state index contributed by atoms with van der Waals surface area (Å²) < 4.78 is 32.2. The van der Waals surface area contributed by atoms with Crippen LogP contribution in [0.2, 0.25) is 0 Å². The van der Waals surface area contributed by atoms with Crippen LogP contribution in [0.15, 0.2) is 64.0 Å². The van der Waals surface area contributed by atoms with Gasteiger partial charge in [0.1, 0.15) is 5.76 Å². The fraction of sp³-hybridized carbons (Fsp3) is 0. The highest BCUT2D eigenvalue weighted by molar-refractivity contribution is 6.41. The Hall–Kier alpha value is -2.37. The van der Waals surface area contributed by atoms with Gasteiger partial charge in [0, 0.05) is 11.9 Å². The summed E-state index contributed by atoms with van der Waals surface area (Å²) >= 11 is 0. The highest BCUT2D eigenvalue weighted by atomic mass is 19.2. The maximum Gasteiger partial charge on any atom is 0.677 e. The Bertz CT molecular complexity index is 655. The Balaban J connectivity index is 2.21. The van der Waals surface area contributed by atoms with Gasteiger partial charge in [0.25, 0.3) is 0 Å². The molecule has 2 aromatic rings. The molecule has 0 bridgehead atoms. The van der Waals surface area contributed by atoms with Crippen LogP contribution < -0.4 is 0 Å². The summed E-state index contributed by atoms with van der Waals surface area (Å²) in [6.07, 6.45) is 7.99. The van der Waals surface area contributed by atoms with Gasteiger partial charge in [-0.1, -0.05) is 0 Å². The Morgan fingerprint density at radius 1 is 1.26 bits per heavy atom. The number of aromatic nitrogens is 1. The average Bonchev–Trinajstić information content (AvgIpc) is 3.12. The van der Waals surface area contributed by atoms with E-state index in [1.54, 1.807) is 42.6 Å². The molecule has 0 fully saturated rings. The Labute approximate surface area is 108 Å². The van der Waals surface area contributed by atoms with Crippen LogP contribution in [0, 0.1) is 0 Å². The summed E-state index contributed by atoms with van der Waals surface area (Å²) in [5.41, 5.74) is 1.54. The number of hydrogen-bond donors (Lipinski definition) is 0. The minimum atomic E-state index is -2.61. The van der Waals surface area contributed by atoms with Crippen LogP contribution >= 0.6 is 0 Å². The Morgan fingerprint density at radius 2 is 2.16 bits per heavy atom. The lowest BCUT2D eigenvalue weighted by atomic mass is 10.0. The molecule has 0 saturated carbocycles. The molecule has 3 nitrogen and oxygen atoms in total. The van der Waals surface area contributed by atoms with Gasteiger partial charge in [-0.2, -0.15) is 0 Å². The third-order valence-electron chi connectivity index (χ3n) is 2.82. The molecular formula is C13H9BF2N2O. The van der Waals surface area contributed by atoms with Crippen molar-refractivity contribution in [1.82, 2.24) is 4.48 Å². The van der Waals surface area contributed by atoms with Gasteiger partial charge in [-0.3, -0.25) is 13.6 Å². The minimum absolute atomic E-state index is 0.378. The number of hydrogen-bond acceptors (Lipinski definition) is 2. The van der Waals surface area contributed by atoms with E-state index in [2.05, 4.69) is 4.99 Å². The number of allylic oxidation sites excluding steroid dienone is 2. The zero-order valence-corrected chi connectivity index (χ0v) is 9.83. The van der Waals surface area contributed by atoms with Crippen molar-refractivity contribution in [3.8, 4) is 0 Å². The molecule has 3 rings (SSSR count). The van der Waals surface area contributed by atoms with Crippen LogP contribution in [0.25, 0.3) is 5.57 Å². The van der Waals surface area contributed by atoms with E-state index < -0.39 is 7.40 Å². The van der Waals surface area contributed by atoms with Gasteiger partial charge in [0.05, 0.1) is 17.5 Å². The molecule has 2 aromatic heterocycles. The molecule has 0 spiro atoms. The van der Waals surface area contributed by atoms with Crippen molar-refractivity contribution in [2.24, 2.45) is 4.99 Å². The second-order valence-electron chi connectivity index (χ2n) is 3.95. The predicted octanol–water partition coefficient (Wildman–Crippen LogP) is 3.25. The van der Waals surface area contributed by atoms with Crippen molar-refractivity contribution in [2.75, 3.05) is 0 Å². The predicted molar refractivity (Wildman–Crippen MR) is 70.2 cm³/mol. The van der Waals surface area contributed by atoms with Crippen LogP contribution in [0.3, 0.4) is 0 Å². The van der Waals surface area contributed by atoms with E-state index >= 15 is 0 Å². The molecule has 0 aliphatic carbocycles. The van der Waals surface area contributed by atoms with E-state index in [-0.39, 0.29) is 0 Å². The van der Waals surface area contributed by atoms with Crippen molar-refractivity contribution >= 4 is 19.2 Å². The van der Waals surface area contributed by atoms with Crippen LogP contribution in [-0.2, 0) is 0 Å². The quantitative estimate of drug-likeness (QED) is 0.777. The maximum absolute atomic E-state index is 13.0. The zero-order chi connectivity index (χ0) is 13.2. The summed E-state index contributed by atoms with van der Waals surface area (Å²) in [6.45, 7) is 0. The highest BCUT2D eigenvalue weighted by Gasteiger charge is 2.24. The largest absolute Gasteiger partial charge is 0.677 e. The first-order chi connectivity index (χ1) is 9.27. The van der Waals surface area contributed by atoms with E-state index in [1.165, 1.54) is 12.5 Å². The molecule has 0 aromatic carbocycles. The SMILES string of the molecule is FB(F)n1cccc1/C(=C1\C=CC=N1)c1ccco1. The minimum Gasteiger partial charge on any atom is -0.464 e. The molecule has 0 radical (unpaired) electrons. The molecule has 0 atom stereocenters. The van der Waals surface area contributed by atoms with Crippen LogP contribution in [-0.4, -0.2) is 18.1 Å². The molecule has 0 N–H and O–H groups in total. The molecule has 94 valence electrons. The summed E-state index contributed by atoms with van der Waals surface area (Å²) in [6, 6.07) is 6.65. The normalized spacial score (nSPS) is 16.1. The second kappa shape index (κ2) is 4.72. The molecule has 0 unspecified atom stereocenters. The van der Waals surface area contributed by atoms with E-state index in [9.17, 15) is 8.63 Å². The fourth-order valence-electron chi connectivity index (χ4n) is 2.03. The van der Waals surface area contributed by atoms with E-state index in [0.717, 1.165) is 4.48 Å². The first-order valence-corrected chi connectivity index (χ1v) is 5.71. The number of furan rings is 1. The maximum atomic E-state index is 13.0. The Kier molecular flexibility index (Phi) is 2.91. The lowest BCUT2D eigenvalue weighted by Gasteiger charge is -2.09. The number of aliphatic imine (C=N–C) groups is 1.